The van der Waals surface area contributed by atoms with Crippen molar-refractivity contribution in [2.24, 2.45) is 28.6 Å². The smallest absolute Gasteiger partial charge is 0.416 e. The van der Waals surface area contributed by atoms with Crippen molar-refractivity contribution in [3.05, 3.63) is 94.4 Å². The summed E-state index contributed by atoms with van der Waals surface area (Å²) in [6.45, 7) is 7.21. The largest absolute Gasteiger partial charge is 0.461 e. The molecule has 0 bridgehead atoms. The maximum absolute atomic E-state index is 12.7. The molecule has 274 valence electrons. The van der Waals surface area contributed by atoms with E-state index in [4.69, 9.17) is 15.7 Å². The molecular formula is C41H48ClF3N2O4. The SMILES string of the molecule is C#CC1(O)CCC2C3CCC4=Cc5oncc5CC4(C)C3CCC21C.CC(Cc1cccc(C(F)(F)F)c1)NCCOC(=O)c1ccccc1.Cl. The molecule has 2 aromatic carbocycles. The number of halogens is 4. The van der Waals surface area contributed by atoms with Gasteiger partial charge < -0.3 is 19.7 Å². The highest BCUT2D eigenvalue weighted by Crippen LogP contribution is 2.67. The highest BCUT2D eigenvalue weighted by molar-refractivity contribution is 5.89. The van der Waals surface area contributed by atoms with E-state index in [2.05, 4.69) is 36.3 Å². The normalized spacial score (nSPS) is 29.6. The van der Waals surface area contributed by atoms with Crippen LogP contribution in [0.1, 0.15) is 92.1 Å². The van der Waals surface area contributed by atoms with Crippen LogP contribution in [0.4, 0.5) is 13.2 Å². The number of rotatable bonds is 7. The van der Waals surface area contributed by atoms with E-state index in [9.17, 15) is 23.1 Å². The minimum atomic E-state index is -4.34. The number of carbonyl (C=O) groups is 1. The van der Waals surface area contributed by atoms with Gasteiger partial charge in [0, 0.05) is 23.6 Å². The number of hydrogen-bond acceptors (Lipinski definition) is 6. The minimum absolute atomic E-state index is 0. The van der Waals surface area contributed by atoms with Gasteiger partial charge in [0.05, 0.1) is 17.3 Å². The van der Waals surface area contributed by atoms with Gasteiger partial charge in [-0.25, -0.2) is 4.79 Å². The Morgan fingerprint density at radius 2 is 1.86 bits per heavy atom. The van der Waals surface area contributed by atoms with E-state index in [1.165, 1.54) is 18.1 Å². The van der Waals surface area contributed by atoms with Crippen LogP contribution in [0.3, 0.4) is 0 Å². The van der Waals surface area contributed by atoms with Crippen molar-refractivity contribution < 1.29 is 32.3 Å². The van der Waals surface area contributed by atoms with Crippen molar-refractivity contribution in [3.8, 4) is 12.3 Å². The van der Waals surface area contributed by atoms with Gasteiger partial charge in [-0.2, -0.15) is 13.2 Å². The van der Waals surface area contributed by atoms with Crippen molar-refractivity contribution in [3.63, 3.8) is 0 Å². The lowest BCUT2D eigenvalue weighted by Gasteiger charge is -2.58. The predicted molar refractivity (Wildman–Crippen MR) is 193 cm³/mol. The van der Waals surface area contributed by atoms with Gasteiger partial charge in [0.25, 0.3) is 0 Å². The second-order valence-corrected chi connectivity index (χ2v) is 15.2. The van der Waals surface area contributed by atoms with Gasteiger partial charge in [-0.05, 0) is 111 Å². The van der Waals surface area contributed by atoms with E-state index >= 15 is 0 Å². The van der Waals surface area contributed by atoms with Crippen LogP contribution in [0.2, 0.25) is 0 Å². The monoisotopic (exact) mass is 724 g/mol. The number of fused-ring (bicyclic) bond motifs is 6. The number of terminal acetylenes is 1. The van der Waals surface area contributed by atoms with E-state index in [1.54, 1.807) is 35.9 Å². The summed E-state index contributed by atoms with van der Waals surface area (Å²) < 4.78 is 48.7. The molecule has 0 spiro atoms. The van der Waals surface area contributed by atoms with E-state index in [-0.39, 0.29) is 35.9 Å². The Kier molecular flexibility index (Phi) is 11.5. The molecule has 3 saturated carbocycles. The maximum Gasteiger partial charge on any atom is 0.416 e. The zero-order valence-electron chi connectivity index (χ0n) is 29.5. The van der Waals surface area contributed by atoms with Gasteiger partial charge >= 0.3 is 12.1 Å². The minimum Gasteiger partial charge on any atom is -0.461 e. The van der Waals surface area contributed by atoms with Crippen LogP contribution in [-0.2, 0) is 23.8 Å². The Balaban J connectivity index is 0.000000194. The molecule has 10 heteroatoms. The summed E-state index contributed by atoms with van der Waals surface area (Å²) >= 11 is 0. The average molecular weight is 725 g/mol. The molecule has 7 atom stereocenters. The molecule has 0 radical (unpaired) electrons. The molecule has 3 fully saturated rings. The van der Waals surface area contributed by atoms with Crippen molar-refractivity contribution in [1.29, 1.82) is 0 Å². The van der Waals surface area contributed by atoms with Gasteiger partial charge in [-0.15, -0.1) is 18.8 Å². The molecule has 4 aliphatic rings. The van der Waals surface area contributed by atoms with Gasteiger partial charge in [-0.1, -0.05) is 66.9 Å². The molecule has 0 aliphatic heterocycles. The van der Waals surface area contributed by atoms with Crippen LogP contribution in [0, 0.1) is 40.9 Å². The van der Waals surface area contributed by atoms with Crippen LogP contribution in [-0.4, -0.2) is 41.0 Å². The molecule has 3 aromatic rings. The molecule has 0 amide bonds. The Morgan fingerprint density at radius 1 is 1.12 bits per heavy atom. The zero-order valence-corrected chi connectivity index (χ0v) is 30.3. The lowest BCUT2D eigenvalue weighted by molar-refractivity contribution is -0.137. The van der Waals surface area contributed by atoms with Gasteiger partial charge in [0.1, 0.15) is 12.2 Å². The van der Waals surface area contributed by atoms with Crippen molar-refractivity contribution in [1.82, 2.24) is 10.5 Å². The number of nitrogens with zero attached hydrogens (tertiary/aromatic N) is 1. The summed E-state index contributed by atoms with van der Waals surface area (Å²) in [5.74, 6) is 5.24. The van der Waals surface area contributed by atoms with Gasteiger partial charge in [0.2, 0.25) is 0 Å². The van der Waals surface area contributed by atoms with E-state index in [0.29, 0.717) is 41.8 Å². The van der Waals surface area contributed by atoms with E-state index in [0.717, 1.165) is 56.4 Å². The van der Waals surface area contributed by atoms with Crippen LogP contribution in [0.25, 0.3) is 6.08 Å². The van der Waals surface area contributed by atoms with Gasteiger partial charge in [-0.3, -0.25) is 0 Å². The molecule has 7 rings (SSSR count). The highest BCUT2D eigenvalue weighted by atomic mass is 35.5. The number of aliphatic hydroxyl groups is 1. The second-order valence-electron chi connectivity index (χ2n) is 15.2. The lowest BCUT2D eigenvalue weighted by Crippen LogP contribution is -2.54. The number of ether oxygens (including phenoxy) is 1. The summed E-state index contributed by atoms with van der Waals surface area (Å²) in [6.07, 6.45) is 13.5. The Labute approximate surface area is 305 Å². The molecule has 6 nitrogen and oxygen atoms in total. The number of aromatic nitrogens is 1. The standard InChI is InChI=1S/C22H27NO2.C19H20F3NO2.ClH/c1-4-22(24)10-8-18-16-6-5-15-11-19-14(13-23-25-19)12-20(15,2)17(16)7-9-21(18,22)3;1-14(12-15-6-5-9-17(13-15)19(20,21)22)23-10-11-25-18(24)16-7-3-2-4-8-16;/h1,11,13,16-18,24H,5-10,12H2,2-3H3;2-9,13-14,23H,10-12H2,1H3;1H. The number of nitrogens with one attached hydrogen (secondary N) is 1. The van der Waals surface area contributed by atoms with Crippen LogP contribution >= 0.6 is 12.4 Å². The van der Waals surface area contributed by atoms with Crippen LogP contribution in [0.5, 0.6) is 0 Å². The van der Waals surface area contributed by atoms with Gasteiger partial charge in [0.15, 0.2) is 5.76 Å². The van der Waals surface area contributed by atoms with Crippen molar-refractivity contribution >= 4 is 24.5 Å². The first kappa shape index (κ1) is 38.6. The van der Waals surface area contributed by atoms with Crippen LogP contribution in [0.15, 0.2) is 70.9 Å². The zero-order chi connectivity index (χ0) is 35.7. The summed E-state index contributed by atoms with van der Waals surface area (Å²) in [5, 5.41) is 18.2. The first-order valence-corrected chi connectivity index (χ1v) is 17.7. The fraction of sp³-hybridized carbons (Fsp3) is 0.512. The Hall–Kier alpha value is -3.58. The third-order valence-electron chi connectivity index (χ3n) is 12.3. The Bertz CT molecular complexity index is 1750. The summed E-state index contributed by atoms with van der Waals surface area (Å²) in [4.78, 5) is 11.8. The summed E-state index contributed by atoms with van der Waals surface area (Å²) in [6, 6.07) is 13.9. The van der Waals surface area contributed by atoms with Crippen molar-refractivity contribution in [2.45, 2.75) is 90.0 Å². The number of hydrogen-bond donors (Lipinski definition) is 2. The molecule has 4 aliphatic carbocycles. The third-order valence-corrected chi connectivity index (χ3v) is 12.3. The van der Waals surface area contributed by atoms with Crippen LogP contribution < -0.4 is 5.32 Å². The van der Waals surface area contributed by atoms with E-state index < -0.39 is 23.3 Å². The lowest BCUT2D eigenvalue weighted by atomic mass is 9.46. The maximum atomic E-state index is 12.7. The summed E-state index contributed by atoms with van der Waals surface area (Å²) in [7, 11) is 0. The fourth-order valence-electron chi connectivity index (χ4n) is 9.54. The third kappa shape index (κ3) is 7.65. The molecular weight excluding hydrogens is 677 g/mol. The predicted octanol–water partition coefficient (Wildman–Crippen LogP) is 8.73. The first-order valence-electron chi connectivity index (χ1n) is 17.7. The van der Waals surface area contributed by atoms with Crippen molar-refractivity contribution in [2.75, 3.05) is 13.2 Å². The Morgan fingerprint density at radius 3 is 2.59 bits per heavy atom. The average Bonchev–Trinajstić information content (AvgIpc) is 3.66. The summed E-state index contributed by atoms with van der Waals surface area (Å²) in [5.41, 5.74) is 2.44. The number of alkyl halides is 3. The molecule has 51 heavy (non-hydrogen) atoms. The number of benzene rings is 2. The topological polar surface area (TPSA) is 84.6 Å². The quantitative estimate of drug-likeness (QED) is 0.144. The molecule has 1 heterocycles. The number of carbonyl (C=O) groups excluding carboxylic acids is 1. The molecule has 0 saturated heterocycles. The number of esters is 1. The fourth-order valence-corrected chi connectivity index (χ4v) is 9.54. The highest BCUT2D eigenvalue weighted by Gasteiger charge is 2.63. The van der Waals surface area contributed by atoms with E-state index in [1.807, 2.05) is 19.2 Å². The molecule has 7 unspecified atom stereocenters. The molecule has 1 aromatic heterocycles. The molecule has 2 N–H and O–H groups in total. The second kappa shape index (κ2) is 15.2. The number of allylic oxidation sites excluding steroid dienone is 1. The first-order chi connectivity index (χ1) is 23.8.